The van der Waals surface area contributed by atoms with Crippen LogP contribution in [0.25, 0.3) is 0 Å². The van der Waals surface area contributed by atoms with Gasteiger partial charge < -0.3 is 10.1 Å². The van der Waals surface area contributed by atoms with Crippen molar-refractivity contribution in [3.05, 3.63) is 35.1 Å². The second-order valence-electron chi connectivity index (χ2n) is 5.83. The van der Waals surface area contributed by atoms with E-state index in [1.807, 2.05) is 26.2 Å². The van der Waals surface area contributed by atoms with E-state index in [1.54, 1.807) is 6.07 Å². The first kappa shape index (κ1) is 15.5. The number of halogens is 1. The standard InChI is InChI=1S/C17H26FNO/c1-4-19-16(14-8-9-15(18)13(2)12-14)17(20-3)10-6-5-7-11-17/h8-9,12,16,19H,4-7,10-11H2,1-3H3. The lowest BCUT2D eigenvalue weighted by Crippen LogP contribution is -2.47. The van der Waals surface area contributed by atoms with Crippen LogP contribution in [0.2, 0.25) is 0 Å². The predicted octanol–water partition coefficient (Wildman–Crippen LogP) is 4.13. The predicted molar refractivity (Wildman–Crippen MR) is 80.4 cm³/mol. The number of methoxy groups -OCH3 is 1. The summed E-state index contributed by atoms with van der Waals surface area (Å²) in [6.07, 6.45) is 5.83. The van der Waals surface area contributed by atoms with Gasteiger partial charge in [0, 0.05) is 7.11 Å². The van der Waals surface area contributed by atoms with Crippen LogP contribution >= 0.6 is 0 Å². The zero-order chi connectivity index (χ0) is 14.6. The average molecular weight is 279 g/mol. The fourth-order valence-corrected chi connectivity index (χ4v) is 3.42. The summed E-state index contributed by atoms with van der Waals surface area (Å²) in [6, 6.07) is 5.56. The van der Waals surface area contributed by atoms with E-state index in [1.165, 1.54) is 19.3 Å². The molecule has 1 aliphatic rings. The van der Waals surface area contributed by atoms with Crippen LogP contribution in [0, 0.1) is 12.7 Å². The summed E-state index contributed by atoms with van der Waals surface area (Å²) >= 11 is 0. The number of rotatable bonds is 5. The Hall–Kier alpha value is -0.930. The van der Waals surface area contributed by atoms with Crippen LogP contribution < -0.4 is 5.32 Å². The molecule has 1 fully saturated rings. The normalized spacial score (nSPS) is 19.8. The zero-order valence-corrected chi connectivity index (χ0v) is 12.8. The van der Waals surface area contributed by atoms with Gasteiger partial charge in [0.05, 0.1) is 11.6 Å². The lowest BCUT2D eigenvalue weighted by Gasteiger charge is -2.43. The molecular formula is C17H26FNO. The van der Waals surface area contributed by atoms with Gasteiger partial charge in [0.2, 0.25) is 0 Å². The topological polar surface area (TPSA) is 21.3 Å². The first-order valence-electron chi connectivity index (χ1n) is 7.67. The molecule has 1 aromatic carbocycles. The third kappa shape index (κ3) is 3.04. The highest BCUT2D eigenvalue weighted by atomic mass is 19.1. The lowest BCUT2D eigenvalue weighted by atomic mass is 9.76. The Morgan fingerprint density at radius 3 is 2.55 bits per heavy atom. The van der Waals surface area contributed by atoms with E-state index >= 15 is 0 Å². The van der Waals surface area contributed by atoms with E-state index in [9.17, 15) is 4.39 Å². The largest absolute Gasteiger partial charge is 0.376 e. The highest BCUT2D eigenvalue weighted by molar-refractivity contribution is 5.29. The number of likely N-dealkylation sites (N-methyl/N-ethyl adjacent to an activating group) is 1. The van der Waals surface area contributed by atoms with Crippen LogP contribution in [0.1, 0.15) is 56.2 Å². The fourth-order valence-electron chi connectivity index (χ4n) is 3.42. The third-order valence-electron chi connectivity index (χ3n) is 4.56. The van der Waals surface area contributed by atoms with E-state index in [-0.39, 0.29) is 17.5 Å². The fraction of sp³-hybridized carbons (Fsp3) is 0.647. The minimum Gasteiger partial charge on any atom is -0.376 e. The highest BCUT2D eigenvalue weighted by Crippen LogP contribution is 2.41. The summed E-state index contributed by atoms with van der Waals surface area (Å²) in [7, 11) is 1.81. The molecule has 1 atom stereocenters. The molecule has 0 aliphatic heterocycles. The first-order valence-corrected chi connectivity index (χ1v) is 7.67. The maximum Gasteiger partial charge on any atom is 0.126 e. The molecular weight excluding hydrogens is 253 g/mol. The van der Waals surface area contributed by atoms with Crippen LogP contribution in [-0.4, -0.2) is 19.3 Å². The number of ether oxygens (including phenoxy) is 1. The molecule has 0 bridgehead atoms. The second kappa shape index (κ2) is 6.68. The summed E-state index contributed by atoms with van der Waals surface area (Å²) in [6.45, 7) is 4.81. The molecule has 2 rings (SSSR count). The Bertz CT molecular complexity index is 441. The quantitative estimate of drug-likeness (QED) is 0.875. The number of aryl methyl sites for hydroxylation is 1. The lowest BCUT2D eigenvalue weighted by molar-refractivity contribution is -0.0684. The Morgan fingerprint density at radius 1 is 1.30 bits per heavy atom. The highest BCUT2D eigenvalue weighted by Gasteiger charge is 2.40. The molecule has 1 N–H and O–H groups in total. The van der Waals surface area contributed by atoms with Crippen molar-refractivity contribution >= 4 is 0 Å². The van der Waals surface area contributed by atoms with Crippen LogP contribution in [0.15, 0.2) is 18.2 Å². The summed E-state index contributed by atoms with van der Waals surface area (Å²) < 4.78 is 19.5. The van der Waals surface area contributed by atoms with Gasteiger partial charge in [-0.05, 0) is 43.5 Å². The SMILES string of the molecule is CCNC(c1ccc(F)c(C)c1)C1(OC)CCCCC1. The van der Waals surface area contributed by atoms with Crippen LogP contribution in [0.3, 0.4) is 0 Å². The van der Waals surface area contributed by atoms with Crippen molar-refractivity contribution < 1.29 is 9.13 Å². The maximum absolute atomic E-state index is 13.5. The van der Waals surface area contributed by atoms with Crippen molar-refractivity contribution in [1.29, 1.82) is 0 Å². The summed E-state index contributed by atoms with van der Waals surface area (Å²) in [5, 5.41) is 3.56. The summed E-state index contributed by atoms with van der Waals surface area (Å²) in [5.41, 5.74) is 1.68. The molecule has 1 saturated carbocycles. The number of nitrogens with one attached hydrogen (secondary N) is 1. The van der Waals surface area contributed by atoms with Gasteiger partial charge in [0.1, 0.15) is 5.82 Å². The van der Waals surface area contributed by atoms with Crippen molar-refractivity contribution in [3.63, 3.8) is 0 Å². The minimum atomic E-state index is -0.154. The molecule has 1 aliphatic carbocycles. The van der Waals surface area contributed by atoms with Gasteiger partial charge in [0.15, 0.2) is 0 Å². The Kier molecular flexibility index (Phi) is 5.17. The van der Waals surface area contributed by atoms with Crippen LogP contribution in [0.5, 0.6) is 0 Å². The monoisotopic (exact) mass is 279 g/mol. The number of hydrogen-bond donors (Lipinski definition) is 1. The van der Waals surface area contributed by atoms with Crippen molar-refractivity contribution in [2.75, 3.05) is 13.7 Å². The molecule has 0 aromatic heterocycles. The second-order valence-corrected chi connectivity index (χ2v) is 5.83. The first-order chi connectivity index (χ1) is 9.63. The van der Waals surface area contributed by atoms with Crippen LogP contribution in [-0.2, 0) is 4.74 Å². The van der Waals surface area contributed by atoms with E-state index in [4.69, 9.17) is 4.74 Å². The molecule has 0 heterocycles. The average Bonchev–Trinajstić information content (AvgIpc) is 2.48. The Labute approximate surface area is 121 Å². The molecule has 0 saturated heterocycles. The molecule has 3 heteroatoms. The molecule has 20 heavy (non-hydrogen) atoms. The van der Waals surface area contributed by atoms with Crippen molar-refractivity contribution in [3.8, 4) is 0 Å². The Balaban J connectivity index is 2.35. The van der Waals surface area contributed by atoms with E-state index < -0.39 is 0 Å². The molecule has 1 aromatic rings. The Morgan fingerprint density at radius 2 is 2.00 bits per heavy atom. The van der Waals surface area contributed by atoms with Gasteiger partial charge in [-0.25, -0.2) is 4.39 Å². The number of benzene rings is 1. The molecule has 112 valence electrons. The van der Waals surface area contributed by atoms with Gasteiger partial charge in [-0.1, -0.05) is 38.3 Å². The third-order valence-corrected chi connectivity index (χ3v) is 4.56. The zero-order valence-electron chi connectivity index (χ0n) is 12.8. The van der Waals surface area contributed by atoms with Gasteiger partial charge >= 0.3 is 0 Å². The van der Waals surface area contributed by atoms with Crippen molar-refractivity contribution in [1.82, 2.24) is 5.32 Å². The minimum absolute atomic E-state index is 0.136. The van der Waals surface area contributed by atoms with E-state index in [0.717, 1.165) is 24.9 Å². The summed E-state index contributed by atoms with van der Waals surface area (Å²) in [4.78, 5) is 0. The van der Waals surface area contributed by atoms with E-state index in [2.05, 4.69) is 12.2 Å². The molecule has 2 nitrogen and oxygen atoms in total. The number of hydrogen-bond acceptors (Lipinski definition) is 2. The smallest absolute Gasteiger partial charge is 0.126 e. The maximum atomic E-state index is 13.5. The van der Waals surface area contributed by atoms with Crippen LogP contribution in [0.4, 0.5) is 4.39 Å². The molecule has 1 unspecified atom stereocenters. The van der Waals surface area contributed by atoms with Crippen molar-refractivity contribution in [2.45, 2.75) is 57.6 Å². The van der Waals surface area contributed by atoms with Gasteiger partial charge in [0.25, 0.3) is 0 Å². The molecule has 0 radical (unpaired) electrons. The van der Waals surface area contributed by atoms with E-state index in [0.29, 0.717) is 5.56 Å². The van der Waals surface area contributed by atoms with Crippen molar-refractivity contribution in [2.24, 2.45) is 0 Å². The van der Waals surface area contributed by atoms with Gasteiger partial charge in [-0.3, -0.25) is 0 Å². The summed E-state index contributed by atoms with van der Waals surface area (Å²) in [5.74, 6) is -0.140. The van der Waals surface area contributed by atoms with Gasteiger partial charge in [-0.15, -0.1) is 0 Å². The molecule has 0 spiro atoms. The van der Waals surface area contributed by atoms with Gasteiger partial charge in [-0.2, -0.15) is 0 Å². The molecule has 0 amide bonds.